The first-order valence-electron chi connectivity index (χ1n) is 6.70. The summed E-state index contributed by atoms with van der Waals surface area (Å²) in [6, 6.07) is 6.35. The van der Waals surface area contributed by atoms with Gasteiger partial charge in [-0.2, -0.15) is 0 Å². The number of hydrogen-bond acceptors (Lipinski definition) is 3. The average Bonchev–Trinajstić information content (AvgIpc) is 2.38. The molecule has 1 aromatic rings. The molecule has 1 aromatic carbocycles. The molecule has 0 bridgehead atoms. The second-order valence-electron chi connectivity index (χ2n) is 4.77. The van der Waals surface area contributed by atoms with Gasteiger partial charge in [-0.1, -0.05) is 25.5 Å². The van der Waals surface area contributed by atoms with Crippen molar-refractivity contribution in [2.75, 3.05) is 27.2 Å². The van der Waals surface area contributed by atoms with E-state index in [1.54, 1.807) is 7.11 Å². The molecular weight excluding hydrogens is 224 g/mol. The molecule has 2 N–H and O–H groups in total. The molecule has 0 aromatic heterocycles. The Morgan fingerprint density at radius 2 is 2.06 bits per heavy atom. The van der Waals surface area contributed by atoms with Gasteiger partial charge < -0.3 is 15.4 Å². The van der Waals surface area contributed by atoms with Gasteiger partial charge in [0, 0.05) is 6.54 Å². The second-order valence-corrected chi connectivity index (χ2v) is 4.77. The van der Waals surface area contributed by atoms with Gasteiger partial charge in [0.2, 0.25) is 0 Å². The van der Waals surface area contributed by atoms with Crippen molar-refractivity contribution in [1.82, 2.24) is 10.6 Å². The number of rotatable bonds is 8. The fraction of sp³-hybridized carbons (Fsp3) is 0.600. The van der Waals surface area contributed by atoms with E-state index in [-0.39, 0.29) is 0 Å². The summed E-state index contributed by atoms with van der Waals surface area (Å²) in [5, 5.41) is 6.76. The quantitative estimate of drug-likeness (QED) is 0.743. The normalized spacial score (nSPS) is 12.4. The van der Waals surface area contributed by atoms with Gasteiger partial charge in [0.15, 0.2) is 0 Å². The van der Waals surface area contributed by atoms with Crippen molar-refractivity contribution in [3.8, 4) is 5.75 Å². The Kier molecular flexibility index (Phi) is 6.76. The Labute approximate surface area is 111 Å². The van der Waals surface area contributed by atoms with Crippen molar-refractivity contribution >= 4 is 0 Å². The Morgan fingerprint density at radius 1 is 1.28 bits per heavy atom. The highest BCUT2D eigenvalue weighted by molar-refractivity contribution is 5.36. The minimum Gasteiger partial charge on any atom is -0.496 e. The Balaban J connectivity index is 2.41. The van der Waals surface area contributed by atoms with Crippen LogP contribution in [0.4, 0.5) is 0 Å². The van der Waals surface area contributed by atoms with E-state index in [1.807, 2.05) is 13.1 Å². The third-order valence-corrected chi connectivity index (χ3v) is 3.29. The number of aryl methyl sites for hydroxylation is 1. The van der Waals surface area contributed by atoms with Crippen LogP contribution in [0.5, 0.6) is 5.75 Å². The molecule has 0 amide bonds. The number of ether oxygens (including phenoxy) is 1. The van der Waals surface area contributed by atoms with Gasteiger partial charge in [-0.25, -0.2) is 0 Å². The van der Waals surface area contributed by atoms with Crippen molar-refractivity contribution < 1.29 is 4.74 Å². The van der Waals surface area contributed by atoms with Gasteiger partial charge in [-0.3, -0.25) is 0 Å². The number of benzene rings is 1. The first kappa shape index (κ1) is 15.0. The minimum atomic E-state index is 0.703. The van der Waals surface area contributed by atoms with E-state index in [9.17, 15) is 0 Å². The third-order valence-electron chi connectivity index (χ3n) is 3.29. The monoisotopic (exact) mass is 250 g/mol. The van der Waals surface area contributed by atoms with E-state index in [2.05, 4.69) is 36.6 Å². The van der Waals surface area contributed by atoms with E-state index in [4.69, 9.17) is 4.74 Å². The summed E-state index contributed by atoms with van der Waals surface area (Å²) in [5.41, 5.74) is 2.51. The van der Waals surface area contributed by atoms with Crippen LogP contribution in [0, 0.1) is 12.8 Å². The fourth-order valence-electron chi connectivity index (χ4n) is 2.12. The van der Waals surface area contributed by atoms with Crippen LogP contribution in [0.3, 0.4) is 0 Å². The van der Waals surface area contributed by atoms with Gasteiger partial charge in [-0.05, 0) is 50.2 Å². The van der Waals surface area contributed by atoms with E-state index >= 15 is 0 Å². The lowest BCUT2D eigenvalue weighted by Crippen LogP contribution is -2.29. The SMILES string of the molecule is CCC(CNC)CNCc1ccc(OC)c(C)c1. The van der Waals surface area contributed by atoms with Gasteiger partial charge in [0.1, 0.15) is 5.75 Å². The van der Waals surface area contributed by atoms with Crippen LogP contribution in [0.25, 0.3) is 0 Å². The van der Waals surface area contributed by atoms with Crippen LogP contribution < -0.4 is 15.4 Å². The Hall–Kier alpha value is -1.06. The lowest BCUT2D eigenvalue weighted by Gasteiger charge is -2.15. The second kappa shape index (κ2) is 8.11. The van der Waals surface area contributed by atoms with Gasteiger partial charge >= 0.3 is 0 Å². The molecule has 0 heterocycles. The average molecular weight is 250 g/mol. The summed E-state index contributed by atoms with van der Waals surface area (Å²) >= 11 is 0. The van der Waals surface area contributed by atoms with Crippen molar-refractivity contribution in [3.63, 3.8) is 0 Å². The van der Waals surface area contributed by atoms with Crippen molar-refractivity contribution in [2.45, 2.75) is 26.8 Å². The molecule has 0 aliphatic heterocycles. The van der Waals surface area contributed by atoms with Crippen LogP contribution >= 0.6 is 0 Å². The summed E-state index contributed by atoms with van der Waals surface area (Å²) in [4.78, 5) is 0. The maximum atomic E-state index is 5.26. The Morgan fingerprint density at radius 3 is 2.61 bits per heavy atom. The van der Waals surface area contributed by atoms with E-state index in [1.165, 1.54) is 17.5 Å². The van der Waals surface area contributed by atoms with Gasteiger partial charge in [0.25, 0.3) is 0 Å². The molecule has 0 aliphatic rings. The lowest BCUT2D eigenvalue weighted by atomic mass is 10.1. The molecule has 102 valence electrons. The molecule has 3 nitrogen and oxygen atoms in total. The summed E-state index contributed by atoms with van der Waals surface area (Å²) in [7, 11) is 3.72. The van der Waals surface area contributed by atoms with Crippen LogP contribution in [0.15, 0.2) is 18.2 Å². The zero-order valence-corrected chi connectivity index (χ0v) is 12.0. The van der Waals surface area contributed by atoms with Crippen molar-refractivity contribution in [1.29, 1.82) is 0 Å². The fourth-order valence-corrected chi connectivity index (χ4v) is 2.12. The Bertz CT molecular complexity index is 352. The number of methoxy groups -OCH3 is 1. The largest absolute Gasteiger partial charge is 0.496 e. The molecule has 1 unspecified atom stereocenters. The summed E-state index contributed by atoms with van der Waals surface area (Å²) in [6.45, 7) is 7.37. The number of nitrogens with one attached hydrogen (secondary N) is 2. The summed E-state index contributed by atoms with van der Waals surface area (Å²) < 4.78 is 5.26. The van der Waals surface area contributed by atoms with E-state index in [0.29, 0.717) is 5.92 Å². The molecule has 0 saturated carbocycles. The predicted octanol–water partition coefficient (Wildman–Crippen LogP) is 2.34. The summed E-state index contributed by atoms with van der Waals surface area (Å²) in [5.74, 6) is 1.66. The molecule has 0 radical (unpaired) electrons. The smallest absolute Gasteiger partial charge is 0.121 e. The zero-order chi connectivity index (χ0) is 13.4. The molecule has 1 atom stereocenters. The highest BCUT2D eigenvalue weighted by atomic mass is 16.5. The van der Waals surface area contributed by atoms with Gasteiger partial charge in [-0.15, -0.1) is 0 Å². The van der Waals surface area contributed by atoms with Crippen molar-refractivity contribution in [3.05, 3.63) is 29.3 Å². The van der Waals surface area contributed by atoms with E-state index in [0.717, 1.165) is 25.4 Å². The molecule has 3 heteroatoms. The maximum absolute atomic E-state index is 5.26. The highest BCUT2D eigenvalue weighted by Gasteiger charge is 2.05. The third kappa shape index (κ3) is 4.67. The molecule has 0 aliphatic carbocycles. The highest BCUT2D eigenvalue weighted by Crippen LogP contribution is 2.18. The topological polar surface area (TPSA) is 33.3 Å². The molecule has 1 rings (SSSR count). The first-order chi connectivity index (χ1) is 8.71. The first-order valence-corrected chi connectivity index (χ1v) is 6.70. The molecule has 18 heavy (non-hydrogen) atoms. The van der Waals surface area contributed by atoms with Crippen LogP contribution in [-0.2, 0) is 6.54 Å². The molecular formula is C15H26N2O. The molecule has 0 saturated heterocycles. The minimum absolute atomic E-state index is 0.703. The van der Waals surface area contributed by atoms with E-state index < -0.39 is 0 Å². The van der Waals surface area contributed by atoms with Crippen LogP contribution in [0.1, 0.15) is 24.5 Å². The zero-order valence-electron chi connectivity index (χ0n) is 12.0. The van der Waals surface area contributed by atoms with Crippen molar-refractivity contribution in [2.24, 2.45) is 5.92 Å². The predicted molar refractivity (Wildman–Crippen MR) is 77.1 cm³/mol. The standard InChI is InChI=1S/C15H26N2O/c1-5-13(9-16-3)10-17-11-14-6-7-15(18-4)12(2)8-14/h6-8,13,16-17H,5,9-11H2,1-4H3. The van der Waals surface area contributed by atoms with Crippen LogP contribution in [0.2, 0.25) is 0 Å². The molecule has 0 spiro atoms. The summed E-state index contributed by atoms with van der Waals surface area (Å²) in [6.07, 6.45) is 1.20. The number of hydrogen-bond donors (Lipinski definition) is 2. The maximum Gasteiger partial charge on any atom is 0.121 e. The molecule has 0 fully saturated rings. The lowest BCUT2D eigenvalue weighted by molar-refractivity contribution is 0.411. The van der Waals surface area contributed by atoms with Crippen LogP contribution in [-0.4, -0.2) is 27.2 Å². The van der Waals surface area contributed by atoms with Gasteiger partial charge in [0.05, 0.1) is 7.11 Å².